The molecular weight excluding hydrogens is 532 g/mol. The average Bonchev–Trinajstić information content (AvgIpc) is 3.52. The van der Waals surface area contributed by atoms with Gasteiger partial charge in [-0.15, -0.1) is 6.42 Å². The number of allylic oxidation sites excluding steroid dienone is 1. The number of benzene rings is 3. The van der Waals surface area contributed by atoms with Crippen molar-refractivity contribution in [3.05, 3.63) is 106 Å². The van der Waals surface area contributed by atoms with Gasteiger partial charge in [-0.25, -0.2) is 0 Å². The van der Waals surface area contributed by atoms with Gasteiger partial charge in [0.15, 0.2) is 17.3 Å². The van der Waals surface area contributed by atoms with Gasteiger partial charge in [0.05, 0.1) is 13.2 Å². The maximum absolute atomic E-state index is 13.7. The summed E-state index contributed by atoms with van der Waals surface area (Å²) in [5.74, 6) is 4.36. The van der Waals surface area contributed by atoms with Gasteiger partial charge in [0.1, 0.15) is 0 Å². The van der Waals surface area contributed by atoms with Crippen molar-refractivity contribution in [2.45, 2.75) is 38.4 Å². The van der Waals surface area contributed by atoms with Crippen LogP contribution >= 0.6 is 0 Å². The highest BCUT2D eigenvalue weighted by atomic mass is 16.7. The molecular formula is C34H34N2O6. The van der Waals surface area contributed by atoms with E-state index in [4.69, 9.17) is 25.4 Å². The number of carbonyl (C=O) groups excluding carboxylic acids is 1. The Morgan fingerprint density at radius 2 is 1.64 bits per heavy atom. The molecule has 2 atom stereocenters. The van der Waals surface area contributed by atoms with Crippen molar-refractivity contribution >= 4 is 5.91 Å². The smallest absolute Gasteiger partial charge is 0.288 e. The van der Waals surface area contributed by atoms with Crippen LogP contribution in [0.15, 0.2) is 78.6 Å². The maximum atomic E-state index is 13.7. The highest BCUT2D eigenvalue weighted by Crippen LogP contribution is 2.34. The Kier molecular flexibility index (Phi) is 8.42. The molecule has 0 aliphatic carbocycles. The predicted octanol–water partition coefficient (Wildman–Crippen LogP) is 4.16. The standard InChI is InChI=1S/C34H34N2O6/c1-2-24-7-10-28(11-8-24)29-18-32(42-33(19-29)39-22-26-5-3-25(21-37)4-6-26)34(38)36-15-13-35(14-16-36)20-27-9-12-30-31(17-27)41-23-40-30/h1,3-12,17-18,29,33,37H,13-16,19-23H2/t29-,33+/m1/s1. The molecule has 3 heterocycles. The van der Waals surface area contributed by atoms with Gasteiger partial charge in [-0.1, -0.05) is 48.4 Å². The molecule has 0 unspecified atom stereocenters. The molecule has 1 amide bonds. The van der Waals surface area contributed by atoms with Crippen LogP contribution in [0.3, 0.4) is 0 Å². The van der Waals surface area contributed by atoms with Gasteiger partial charge < -0.3 is 29.0 Å². The molecule has 3 aromatic rings. The topological polar surface area (TPSA) is 80.7 Å². The molecule has 0 radical (unpaired) electrons. The second-order valence-corrected chi connectivity index (χ2v) is 10.7. The fraction of sp³-hybridized carbons (Fsp3) is 0.324. The van der Waals surface area contributed by atoms with Crippen LogP contribution in [-0.2, 0) is 34.0 Å². The second-order valence-electron chi connectivity index (χ2n) is 10.7. The molecule has 0 aromatic heterocycles. The van der Waals surface area contributed by atoms with Gasteiger partial charge in [-0.3, -0.25) is 9.69 Å². The number of aliphatic hydroxyl groups excluding tert-OH is 1. The van der Waals surface area contributed by atoms with Crippen LogP contribution in [0, 0.1) is 12.3 Å². The molecule has 0 bridgehead atoms. The van der Waals surface area contributed by atoms with Crippen LogP contribution in [0.1, 0.15) is 40.2 Å². The fourth-order valence-corrected chi connectivity index (χ4v) is 5.46. The number of aliphatic hydroxyl groups is 1. The van der Waals surface area contributed by atoms with Crippen LogP contribution in [0.2, 0.25) is 0 Å². The van der Waals surface area contributed by atoms with Crippen molar-refractivity contribution in [2.75, 3.05) is 33.0 Å². The number of nitrogens with zero attached hydrogens (tertiary/aromatic N) is 2. The van der Waals surface area contributed by atoms with Gasteiger partial charge in [0.25, 0.3) is 5.91 Å². The lowest BCUT2D eigenvalue weighted by Gasteiger charge is -2.36. The summed E-state index contributed by atoms with van der Waals surface area (Å²) >= 11 is 0. The second kappa shape index (κ2) is 12.7. The summed E-state index contributed by atoms with van der Waals surface area (Å²) < 4.78 is 23.3. The van der Waals surface area contributed by atoms with E-state index in [-0.39, 0.29) is 25.2 Å². The zero-order valence-electron chi connectivity index (χ0n) is 23.4. The van der Waals surface area contributed by atoms with E-state index < -0.39 is 6.29 Å². The number of terminal acetylenes is 1. The van der Waals surface area contributed by atoms with Crippen LogP contribution in [0.4, 0.5) is 0 Å². The minimum Gasteiger partial charge on any atom is -0.459 e. The Balaban J connectivity index is 1.11. The van der Waals surface area contributed by atoms with Crippen molar-refractivity contribution in [2.24, 2.45) is 0 Å². The Hall–Kier alpha value is -4.29. The number of fused-ring (bicyclic) bond motifs is 1. The lowest BCUT2D eigenvalue weighted by molar-refractivity contribution is -0.157. The van der Waals surface area contributed by atoms with Crippen molar-refractivity contribution in [3.8, 4) is 23.8 Å². The Labute approximate surface area is 246 Å². The van der Waals surface area contributed by atoms with Gasteiger partial charge >= 0.3 is 0 Å². The van der Waals surface area contributed by atoms with E-state index in [1.807, 2.05) is 71.6 Å². The van der Waals surface area contributed by atoms with E-state index in [1.54, 1.807) is 0 Å². The van der Waals surface area contributed by atoms with Gasteiger partial charge in [0.2, 0.25) is 13.1 Å². The Morgan fingerprint density at radius 1 is 0.929 bits per heavy atom. The van der Waals surface area contributed by atoms with Crippen molar-refractivity contribution in [1.29, 1.82) is 0 Å². The quantitative estimate of drug-likeness (QED) is 0.410. The van der Waals surface area contributed by atoms with Crippen LogP contribution in [0.25, 0.3) is 0 Å². The van der Waals surface area contributed by atoms with E-state index in [9.17, 15) is 9.90 Å². The minimum absolute atomic E-state index is 0.00401. The SMILES string of the molecule is C#Cc1ccc([C@@H]2C=C(C(=O)N3CCN(Cc4ccc5c(c4)OCO5)CC3)O[C@H](OCc3ccc(CO)cc3)C2)cc1. The Morgan fingerprint density at radius 3 is 2.38 bits per heavy atom. The number of ether oxygens (including phenoxy) is 4. The predicted molar refractivity (Wildman–Crippen MR) is 156 cm³/mol. The first-order valence-electron chi connectivity index (χ1n) is 14.2. The summed E-state index contributed by atoms with van der Waals surface area (Å²) in [6.07, 6.45) is 7.46. The molecule has 42 heavy (non-hydrogen) atoms. The first-order chi connectivity index (χ1) is 20.6. The molecule has 8 heteroatoms. The molecule has 0 saturated carbocycles. The first-order valence-corrected chi connectivity index (χ1v) is 14.2. The number of amides is 1. The monoisotopic (exact) mass is 566 g/mol. The average molecular weight is 567 g/mol. The van der Waals surface area contributed by atoms with Crippen LogP contribution < -0.4 is 9.47 Å². The van der Waals surface area contributed by atoms with Crippen molar-refractivity contribution < 1.29 is 28.8 Å². The van der Waals surface area contributed by atoms with E-state index in [1.165, 1.54) is 0 Å². The van der Waals surface area contributed by atoms with Gasteiger partial charge in [-0.2, -0.15) is 0 Å². The summed E-state index contributed by atoms with van der Waals surface area (Å²) in [4.78, 5) is 17.9. The Bertz CT molecular complexity index is 1470. The zero-order valence-corrected chi connectivity index (χ0v) is 23.4. The lowest BCUT2D eigenvalue weighted by Crippen LogP contribution is -2.49. The zero-order chi connectivity index (χ0) is 28.9. The summed E-state index contributed by atoms with van der Waals surface area (Å²) in [5, 5.41) is 9.32. The molecule has 1 saturated heterocycles. The number of rotatable bonds is 8. The van der Waals surface area contributed by atoms with Crippen LogP contribution in [-0.4, -0.2) is 60.1 Å². The maximum Gasteiger partial charge on any atom is 0.288 e. The van der Waals surface area contributed by atoms with E-state index in [0.29, 0.717) is 31.9 Å². The lowest BCUT2D eigenvalue weighted by atomic mass is 9.92. The summed E-state index contributed by atoms with van der Waals surface area (Å²) in [5.41, 5.74) is 4.82. The highest BCUT2D eigenvalue weighted by Gasteiger charge is 2.32. The summed E-state index contributed by atoms with van der Waals surface area (Å²) in [7, 11) is 0. The van der Waals surface area contributed by atoms with Crippen molar-refractivity contribution in [1.82, 2.24) is 9.80 Å². The number of hydrogen-bond donors (Lipinski definition) is 1. The van der Waals surface area contributed by atoms with Gasteiger partial charge in [-0.05, 0) is 52.6 Å². The molecule has 8 nitrogen and oxygen atoms in total. The van der Waals surface area contributed by atoms with Crippen LogP contribution in [0.5, 0.6) is 11.5 Å². The normalized spacial score (nSPS) is 20.0. The summed E-state index contributed by atoms with van der Waals surface area (Å²) in [6.45, 7) is 4.10. The molecule has 3 aromatic carbocycles. The van der Waals surface area contributed by atoms with E-state index in [2.05, 4.69) is 16.9 Å². The fourth-order valence-electron chi connectivity index (χ4n) is 5.46. The third kappa shape index (κ3) is 6.44. The number of hydrogen-bond acceptors (Lipinski definition) is 7. The largest absolute Gasteiger partial charge is 0.459 e. The molecule has 3 aliphatic rings. The third-order valence-corrected chi connectivity index (χ3v) is 7.92. The minimum atomic E-state index is -0.587. The molecule has 216 valence electrons. The highest BCUT2D eigenvalue weighted by molar-refractivity contribution is 5.92. The third-order valence-electron chi connectivity index (χ3n) is 7.92. The van der Waals surface area contributed by atoms with E-state index in [0.717, 1.165) is 59.0 Å². The number of piperazine rings is 1. The van der Waals surface area contributed by atoms with E-state index >= 15 is 0 Å². The molecule has 1 fully saturated rings. The number of carbonyl (C=O) groups is 1. The molecule has 1 N–H and O–H groups in total. The van der Waals surface area contributed by atoms with Crippen molar-refractivity contribution in [3.63, 3.8) is 0 Å². The molecule has 6 rings (SSSR count). The molecule has 3 aliphatic heterocycles. The van der Waals surface area contributed by atoms with Gasteiger partial charge in [0, 0.05) is 50.6 Å². The summed E-state index contributed by atoms with van der Waals surface area (Å²) in [6, 6.07) is 21.5. The molecule has 0 spiro atoms. The first kappa shape index (κ1) is 27.9.